The second kappa shape index (κ2) is 3.32. The first-order chi connectivity index (χ1) is 5.63. The number of aliphatic hydroxyl groups excluding tert-OH is 1. The summed E-state index contributed by atoms with van der Waals surface area (Å²) in [6.07, 6.45) is 0.0756. The van der Waals surface area contributed by atoms with E-state index >= 15 is 0 Å². The molecule has 4 nitrogen and oxygen atoms in total. The number of carboxylic acids is 1. The average Bonchev–Trinajstić information content (AvgIpc) is 2.04. The van der Waals surface area contributed by atoms with E-state index in [-0.39, 0.29) is 0 Å². The third-order valence-corrected chi connectivity index (χ3v) is 1.58. The third kappa shape index (κ3) is 1.60. The summed E-state index contributed by atoms with van der Waals surface area (Å²) in [5, 5.41) is 17.6. The summed E-state index contributed by atoms with van der Waals surface area (Å²) >= 11 is 0. The van der Waals surface area contributed by atoms with E-state index in [0.29, 0.717) is 11.3 Å². The molecule has 1 atom stereocenters. The van der Waals surface area contributed by atoms with Gasteiger partial charge in [-0.15, -0.1) is 0 Å². The molecule has 0 fully saturated rings. The number of aromatic nitrogens is 1. The molecule has 0 bridgehead atoms. The van der Waals surface area contributed by atoms with Crippen LogP contribution < -0.4 is 0 Å². The van der Waals surface area contributed by atoms with Crippen molar-refractivity contribution in [3.8, 4) is 0 Å². The van der Waals surface area contributed by atoms with Crippen LogP contribution in [-0.4, -0.2) is 21.2 Å². The fraction of sp³-hybridized carbons (Fsp3) is 0.250. The fourth-order valence-electron chi connectivity index (χ4n) is 0.919. The van der Waals surface area contributed by atoms with Crippen LogP contribution in [0.15, 0.2) is 18.3 Å². The molecule has 12 heavy (non-hydrogen) atoms. The summed E-state index contributed by atoms with van der Waals surface area (Å²) in [6, 6.07) is 3.13. The molecule has 4 heteroatoms. The molecule has 0 aliphatic rings. The van der Waals surface area contributed by atoms with Gasteiger partial charge in [0.15, 0.2) is 6.10 Å². The highest BCUT2D eigenvalue weighted by Crippen LogP contribution is 2.14. The highest BCUT2D eigenvalue weighted by atomic mass is 16.4. The number of hydrogen-bond acceptors (Lipinski definition) is 3. The number of carbonyl (C=O) groups is 1. The third-order valence-electron chi connectivity index (χ3n) is 1.58. The first kappa shape index (κ1) is 8.67. The van der Waals surface area contributed by atoms with E-state index in [4.69, 9.17) is 10.2 Å². The Bertz CT molecular complexity index is 298. The van der Waals surface area contributed by atoms with Crippen molar-refractivity contribution in [1.29, 1.82) is 0 Å². The van der Waals surface area contributed by atoms with Crippen LogP contribution in [0.4, 0.5) is 0 Å². The van der Waals surface area contributed by atoms with Crippen molar-refractivity contribution in [2.45, 2.75) is 13.0 Å². The Morgan fingerprint density at radius 1 is 1.67 bits per heavy atom. The highest BCUT2D eigenvalue weighted by molar-refractivity contribution is 5.74. The Balaban J connectivity index is 3.02. The number of aliphatic hydroxyl groups is 1. The molecule has 0 amide bonds. The van der Waals surface area contributed by atoms with Gasteiger partial charge in [-0.2, -0.15) is 0 Å². The lowest BCUT2D eigenvalue weighted by Crippen LogP contribution is -2.12. The molecule has 1 rings (SSSR count). The van der Waals surface area contributed by atoms with Crippen LogP contribution in [-0.2, 0) is 4.79 Å². The number of aryl methyl sites for hydroxylation is 1. The highest BCUT2D eigenvalue weighted by Gasteiger charge is 2.17. The van der Waals surface area contributed by atoms with E-state index in [1.807, 2.05) is 0 Å². The van der Waals surface area contributed by atoms with Gasteiger partial charge < -0.3 is 10.2 Å². The van der Waals surface area contributed by atoms with Crippen LogP contribution in [0.1, 0.15) is 17.4 Å². The minimum Gasteiger partial charge on any atom is -0.479 e. The molecule has 1 unspecified atom stereocenters. The molecule has 0 saturated carbocycles. The van der Waals surface area contributed by atoms with Crippen molar-refractivity contribution >= 4 is 5.97 Å². The summed E-state index contributed by atoms with van der Waals surface area (Å²) in [6.45, 7) is 1.65. The quantitative estimate of drug-likeness (QED) is 0.673. The standard InChI is InChI=1S/C8H9NO3/c1-5-6(3-2-4-9-5)7(10)8(11)12/h2-4,7,10H,1H3,(H,11,12). The Hall–Kier alpha value is -1.42. The SMILES string of the molecule is Cc1ncccc1C(O)C(=O)O. The normalized spacial score (nSPS) is 12.5. The molecule has 0 saturated heterocycles. The molecular formula is C8H9NO3. The zero-order chi connectivity index (χ0) is 9.14. The summed E-state index contributed by atoms with van der Waals surface area (Å²) in [7, 11) is 0. The number of nitrogens with zero attached hydrogens (tertiary/aromatic N) is 1. The van der Waals surface area contributed by atoms with Gasteiger partial charge in [-0.05, 0) is 13.0 Å². The number of pyridine rings is 1. The molecule has 0 aliphatic carbocycles. The van der Waals surface area contributed by atoms with Gasteiger partial charge in [0, 0.05) is 17.5 Å². The van der Waals surface area contributed by atoms with Gasteiger partial charge in [-0.3, -0.25) is 4.98 Å². The van der Waals surface area contributed by atoms with E-state index in [9.17, 15) is 4.79 Å². The van der Waals surface area contributed by atoms with Gasteiger partial charge in [-0.1, -0.05) is 6.07 Å². The predicted octanol–water partition coefficient (Wildman–Crippen LogP) is 0.508. The largest absolute Gasteiger partial charge is 0.479 e. The summed E-state index contributed by atoms with van der Waals surface area (Å²) < 4.78 is 0. The molecule has 2 N–H and O–H groups in total. The lowest BCUT2D eigenvalue weighted by Gasteiger charge is -2.06. The van der Waals surface area contributed by atoms with Crippen LogP contribution in [0.3, 0.4) is 0 Å². The lowest BCUT2D eigenvalue weighted by molar-refractivity contribution is -0.147. The maximum absolute atomic E-state index is 10.4. The Kier molecular flexibility index (Phi) is 2.40. The number of rotatable bonds is 2. The van der Waals surface area contributed by atoms with Crippen LogP contribution in [0.5, 0.6) is 0 Å². The van der Waals surface area contributed by atoms with Crippen LogP contribution in [0.2, 0.25) is 0 Å². The second-order valence-electron chi connectivity index (χ2n) is 2.42. The molecule has 0 spiro atoms. The van der Waals surface area contributed by atoms with Crippen LogP contribution in [0.25, 0.3) is 0 Å². The Morgan fingerprint density at radius 3 is 2.83 bits per heavy atom. The maximum Gasteiger partial charge on any atom is 0.337 e. The van der Waals surface area contributed by atoms with Crippen molar-refractivity contribution in [1.82, 2.24) is 4.98 Å². The minimum atomic E-state index is -1.47. The van der Waals surface area contributed by atoms with Crippen molar-refractivity contribution in [2.75, 3.05) is 0 Å². The van der Waals surface area contributed by atoms with Crippen molar-refractivity contribution in [2.24, 2.45) is 0 Å². The molecule has 0 aromatic carbocycles. The van der Waals surface area contributed by atoms with Gasteiger partial charge in [0.2, 0.25) is 0 Å². The first-order valence-electron chi connectivity index (χ1n) is 3.45. The predicted molar refractivity (Wildman–Crippen MR) is 41.6 cm³/mol. The molecule has 1 aromatic heterocycles. The number of hydrogen-bond donors (Lipinski definition) is 2. The zero-order valence-electron chi connectivity index (χ0n) is 6.56. The number of aliphatic carboxylic acids is 1. The smallest absolute Gasteiger partial charge is 0.337 e. The minimum absolute atomic E-state index is 0.338. The van der Waals surface area contributed by atoms with Crippen molar-refractivity contribution < 1.29 is 15.0 Å². The lowest BCUT2D eigenvalue weighted by atomic mass is 10.1. The topological polar surface area (TPSA) is 70.4 Å². The summed E-state index contributed by atoms with van der Waals surface area (Å²) in [5.74, 6) is -1.26. The van der Waals surface area contributed by atoms with E-state index in [1.165, 1.54) is 0 Å². The monoisotopic (exact) mass is 167 g/mol. The van der Waals surface area contributed by atoms with Gasteiger partial charge in [0.1, 0.15) is 0 Å². The zero-order valence-corrected chi connectivity index (χ0v) is 6.56. The summed E-state index contributed by atoms with van der Waals surface area (Å²) in [4.78, 5) is 14.2. The molecular weight excluding hydrogens is 158 g/mol. The molecule has 0 radical (unpaired) electrons. The fourth-order valence-corrected chi connectivity index (χ4v) is 0.919. The van der Waals surface area contributed by atoms with Gasteiger partial charge in [0.25, 0.3) is 0 Å². The molecule has 1 heterocycles. The van der Waals surface area contributed by atoms with E-state index in [1.54, 1.807) is 25.3 Å². The average molecular weight is 167 g/mol. The molecule has 1 aromatic rings. The van der Waals surface area contributed by atoms with E-state index < -0.39 is 12.1 Å². The maximum atomic E-state index is 10.4. The summed E-state index contributed by atoms with van der Waals surface area (Å²) in [5.41, 5.74) is 0.873. The van der Waals surface area contributed by atoms with Gasteiger partial charge in [-0.25, -0.2) is 4.79 Å². The molecule has 0 aliphatic heterocycles. The van der Waals surface area contributed by atoms with Crippen LogP contribution in [0, 0.1) is 6.92 Å². The second-order valence-corrected chi connectivity index (χ2v) is 2.42. The first-order valence-corrected chi connectivity index (χ1v) is 3.45. The van der Waals surface area contributed by atoms with E-state index in [2.05, 4.69) is 4.98 Å². The van der Waals surface area contributed by atoms with E-state index in [0.717, 1.165) is 0 Å². The van der Waals surface area contributed by atoms with Gasteiger partial charge >= 0.3 is 5.97 Å². The Labute approximate surface area is 69.5 Å². The van der Waals surface area contributed by atoms with Crippen LogP contribution >= 0.6 is 0 Å². The van der Waals surface area contributed by atoms with Crippen molar-refractivity contribution in [3.05, 3.63) is 29.6 Å². The molecule has 64 valence electrons. The van der Waals surface area contributed by atoms with Crippen molar-refractivity contribution in [3.63, 3.8) is 0 Å². The Morgan fingerprint density at radius 2 is 2.33 bits per heavy atom. The number of carboxylic acid groups (broad SMARTS) is 1. The van der Waals surface area contributed by atoms with Gasteiger partial charge in [0.05, 0.1) is 0 Å².